The summed E-state index contributed by atoms with van der Waals surface area (Å²) >= 11 is 0. The lowest BCUT2D eigenvalue weighted by Gasteiger charge is -2.12. The summed E-state index contributed by atoms with van der Waals surface area (Å²) in [6.07, 6.45) is 0. The van der Waals surface area contributed by atoms with E-state index in [1.54, 1.807) is 0 Å². The van der Waals surface area contributed by atoms with Gasteiger partial charge in [0.1, 0.15) is 0 Å². The lowest BCUT2D eigenvalue weighted by atomic mass is 9.98. The Hall–Kier alpha value is -8.98. The molecule has 0 saturated heterocycles. The monoisotopic (exact) mass is 864 g/mol. The van der Waals surface area contributed by atoms with Crippen LogP contribution in [0.4, 0.5) is 0 Å². The summed E-state index contributed by atoms with van der Waals surface area (Å²) in [6, 6.07) is 97.4. The Labute approximate surface area is 395 Å². The Balaban J connectivity index is 0.920. The molecule has 0 fully saturated rings. The van der Waals surface area contributed by atoms with Crippen molar-refractivity contribution in [3.63, 3.8) is 0 Å². The predicted octanol–water partition coefficient (Wildman–Crippen LogP) is 17.9. The summed E-state index contributed by atoms with van der Waals surface area (Å²) < 4.78 is 4.87. The predicted molar refractivity (Wildman–Crippen MR) is 288 cm³/mol. The minimum atomic E-state index is 1.13. The highest BCUT2D eigenvalue weighted by Gasteiger charge is 2.18. The second-order valence-corrected chi connectivity index (χ2v) is 17.7. The van der Waals surface area contributed by atoms with E-state index in [4.69, 9.17) is 0 Å². The average molecular weight is 865 g/mol. The largest absolute Gasteiger partial charge is 0.309 e. The fourth-order valence-corrected chi connectivity index (χ4v) is 10.3. The first kappa shape index (κ1) is 39.4. The lowest BCUT2D eigenvalue weighted by Crippen LogP contribution is -1.95. The standard InChI is InChI=1S/C66H44N2/c1-4-14-45(15-5-1)48-26-33-58(34-27-48)68-65-43-55(53-23-13-21-51(41-53)47-18-8-3-9-19-47)30-37-60(65)61-38-31-56(44-66(61)68)54-32-39-64-62(42-54)59-24-10-11-25-63(59)67(64)57-35-28-49(29-36-57)52-22-12-20-50(40-52)46-16-6-2-7-17-46/h1-44H. The summed E-state index contributed by atoms with van der Waals surface area (Å²) in [7, 11) is 0. The summed E-state index contributed by atoms with van der Waals surface area (Å²) in [4.78, 5) is 0. The minimum Gasteiger partial charge on any atom is -0.309 e. The van der Waals surface area contributed by atoms with E-state index in [0.717, 1.165) is 11.4 Å². The Morgan fingerprint density at radius 2 is 0.471 bits per heavy atom. The third-order valence-corrected chi connectivity index (χ3v) is 13.7. The number of hydrogen-bond donors (Lipinski definition) is 0. The molecule has 0 saturated carbocycles. The normalized spacial score (nSPS) is 11.5. The van der Waals surface area contributed by atoms with Crippen LogP contribution in [0.5, 0.6) is 0 Å². The van der Waals surface area contributed by atoms with E-state index >= 15 is 0 Å². The first-order chi connectivity index (χ1) is 33.7. The van der Waals surface area contributed by atoms with Gasteiger partial charge >= 0.3 is 0 Å². The SMILES string of the molecule is c1ccc(-c2ccc(-n3c4cc(-c5cccc(-c6ccccc6)c5)ccc4c4ccc(-c5ccc6c(c5)c5ccccc5n6-c5ccc(-c6cccc(-c7ccccc7)c6)cc5)cc43)cc2)cc1. The molecule has 2 nitrogen and oxygen atoms in total. The molecule has 13 rings (SSSR count). The average Bonchev–Trinajstić information content (AvgIpc) is 3.93. The van der Waals surface area contributed by atoms with Crippen LogP contribution in [-0.2, 0) is 0 Å². The number of fused-ring (bicyclic) bond motifs is 6. The van der Waals surface area contributed by atoms with Crippen LogP contribution in [0.25, 0.3) is 122 Å². The van der Waals surface area contributed by atoms with Crippen LogP contribution in [0, 0.1) is 0 Å². The maximum atomic E-state index is 2.46. The zero-order valence-corrected chi connectivity index (χ0v) is 37.3. The number of aromatic nitrogens is 2. The van der Waals surface area contributed by atoms with Crippen molar-refractivity contribution >= 4 is 43.6 Å². The Morgan fingerprint density at radius 3 is 0.985 bits per heavy atom. The second kappa shape index (κ2) is 16.5. The molecule has 0 amide bonds. The molecule has 0 unspecified atom stereocenters. The third kappa shape index (κ3) is 6.90. The summed E-state index contributed by atoms with van der Waals surface area (Å²) in [5.74, 6) is 0. The molecular weight excluding hydrogens is 821 g/mol. The topological polar surface area (TPSA) is 9.86 Å². The molecule has 2 heterocycles. The van der Waals surface area contributed by atoms with Gasteiger partial charge in [-0.25, -0.2) is 0 Å². The van der Waals surface area contributed by atoms with Crippen LogP contribution in [-0.4, -0.2) is 9.13 Å². The molecule has 0 atom stereocenters. The van der Waals surface area contributed by atoms with Crippen LogP contribution < -0.4 is 0 Å². The van der Waals surface area contributed by atoms with Crippen LogP contribution in [0.1, 0.15) is 0 Å². The molecule has 0 aliphatic rings. The molecule has 0 aliphatic heterocycles. The fraction of sp³-hybridized carbons (Fsp3) is 0. The zero-order valence-electron chi connectivity index (χ0n) is 37.3. The first-order valence-electron chi connectivity index (χ1n) is 23.4. The number of para-hydroxylation sites is 1. The van der Waals surface area contributed by atoms with E-state index in [1.165, 1.54) is 110 Å². The van der Waals surface area contributed by atoms with E-state index in [9.17, 15) is 0 Å². The fourth-order valence-electron chi connectivity index (χ4n) is 10.3. The number of hydrogen-bond acceptors (Lipinski definition) is 0. The Kier molecular flexibility index (Phi) is 9.54. The van der Waals surface area contributed by atoms with Gasteiger partial charge in [-0.1, -0.05) is 200 Å². The third-order valence-electron chi connectivity index (χ3n) is 13.7. The van der Waals surface area contributed by atoms with Gasteiger partial charge in [0.15, 0.2) is 0 Å². The van der Waals surface area contributed by atoms with Gasteiger partial charge in [-0.15, -0.1) is 0 Å². The Bertz CT molecular complexity index is 3970. The van der Waals surface area contributed by atoms with Crippen LogP contribution in [0.2, 0.25) is 0 Å². The van der Waals surface area contributed by atoms with Crippen LogP contribution >= 0.6 is 0 Å². The summed E-state index contributed by atoms with van der Waals surface area (Å²) in [5, 5.41) is 4.93. The quantitative estimate of drug-likeness (QED) is 0.144. The first-order valence-corrected chi connectivity index (χ1v) is 23.4. The molecular formula is C66H44N2. The maximum absolute atomic E-state index is 2.46. The maximum Gasteiger partial charge on any atom is 0.0547 e. The van der Waals surface area contributed by atoms with Gasteiger partial charge in [-0.05, 0) is 133 Å². The number of rotatable bonds is 8. The van der Waals surface area contributed by atoms with Crippen molar-refractivity contribution in [2.45, 2.75) is 0 Å². The van der Waals surface area contributed by atoms with Gasteiger partial charge in [-0.2, -0.15) is 0 Å². The van der Waals surface area contributed by atoms with Crippen molar-refractivity contribution < 1.29 is 0 Å². The minimum absolute atomic E-state index is 1.13. The smallest absolute Gasteiger partial charge is 0.0547 e. The van der Waals surface area contributed by atoms with E-state index < -0.39 is 0 Å². The molecule has 11 aromatic carbocycles. The van der Waals surface area contributed by atoms with Crippen molar-refractivity contribution in [3.05, 3.63) is 267 Å². The summed E-state index contributed by atoms with van der Waals surface area (Å²) in [5.41, 5.74) is 21.4. The van der Waals surface area contributed by atoms with Gasteiger partial charge < -0.3 is 9.13 Å². The van der Waals surface area contributed by atoms with Crippen LogP contribution in [0.15, 0.2) is 267 Å². The molecule has 13 aromatic rings. The highest BCUT2D eigenvalue weighted by molar-refractivity contribution is 6.13. The molecule has 0 N–H and O–H groups in total. The van der Waals surface area contributed by atoms with Gasteiger partial charge in [0.05, 0.1) is 22.1 Å². The highest BCUT2D eigenvalue weighted by atomic mass is 15.0. The molecule has 2 heteroatoms. The molecule has 0 bridgehead atoms. The van der Waals surface area contributed by atoms with E-state index in [2.05, 4.69) is 276 Å². The summed E-state index contributed by atoms with van der Waals surface area (Å²) in [6.45, 7) is 0. The van der Waals surface area contributed by atoms with Gasteiger partial charge in [0.2, 0.25) is 0 Å². The van der Waals surface area contributed by atoms with Crippen molar-refractivity contribution in [2.75, 3.05) is 0 Å². The van der Waals surface area contributed by atoms with Crippen molar-refractivity contribution in [2.24, 2.45) is 0 Å². The lowest BCUT2D eigenvalue weighted by molar-refractivity contribution is 1.18. The van der Waals surface area contributed by atoms with E-state index in [0.29, 0.717) is 0 Å². The Morgan fingerprint density at radius 1 is 0.162 bits per heavy atom. The molecule has 68 heavy (non-hydrogen) atoms. The van der Waals surface area contributed by atoms with Gasteiger partial charge in [0.25, 0.3) is 0 Å². The molecule has 0 radical (unpaired) electrons. The second-order valence-electron chi connectivity index (χ2n) is 17.7. The van der Waals surface area contributed by atoms with Gasteiger partial charge in [0, 0.05) is 32.9 Å². The van der Waals surface area contributed by atoms with Crippen molar-refractivity contribution in [3.8, 4) is 78.1 Å². The molecule has 0 aliphatic carbocycles. The van der Waals surface area contributed by atoms with Crippen molar-refractivity contribution in [1.29, 1.82) is 0 Å². The molecule has 318 valence electrons. The van der Waals surface area contributed by atoms with E-state index in [-0.39, 0.29) is 0 Å². The molecule has 2 aromatic heterocycles. The van der Waals surface area contributed by atoms with Gasteiger partial charge in [-0.3, -0.25) is 0 Å². The zero-order chi connectivity index (χ0) is 45.0. The molecule has 0 spiro atoms. The van der Waals surface area contributed by atoms with Crippen LogP contribution in [0.3, 0.4) is 0 Å². The van der Waals surface area contributed by atoms with E-state index in [1.807, 2.05) is 0 Å². The van der Waals surface area contributed by atoms with Crippen molar-refractivity contribution in [1.82, 2.24) is 9.13 Å². The number of benzene rings is 11. The number of nitrogens with zero attached hydrogens (tertiary/aromatic N) is 2. The highest BCUT2D eigenvalue weighted by Crippen LogP contribution is 2.40.